The van der Waals surface area contributed by atoms with Gasteiger partial charge in [-0.25, -0.2) is 0 Å². The van der Waals surface area contributed by atoms with Crippen LogP contribution in [0.2, 0.25) is 0 Å². The fourth-order valence-electron chi connectivity index (χ4n) is 3.76. The molecule has 9 heteroatoms. The molecule has 1 amide bonds. The van der Waals surface area contributed by atoms with Crippen LogP contribution >= 0.6 is 0 Å². The summed E-state index contributed by atoms with van der Waals surface area (Å²) >= 11 is 0. The fraction of sp³-hybridized carbons (Fsp3) is 0.318. The van der Waals surface area contributed by atoms with Gasteiger partial charge in [-0.1, -0.05) is 0 Å². The largest absolute Gasteiger partial charge is 0.508 e. The summed E-state index contributed by atoms with van der Waals surface area (Å²) in [6.45, 7) is 0.467. The highest BCUT2D eigenvalue weighted by atomic mass is 16.5. The molecule has 31 heavy (non-hydrogen) atoms. The van der Waals surface area contributed by atoms with Gasteiger partial charge in [0.15, 0.2) is 17.3 Å². The number of carbonyl (C=O) groups is 1. The van der Waals surface area contributed by atoms with E-state index in [1.165, 1.54) is 21.3 Å². The van der Waals surface area contributed by atoms with Crippen LogP contribution in [0, 0.1) is 5.92 Å². The summed E-state index contributed by atoms with van der Waals surface area (Å²) in [6, 6.07) is 10.2. The van der Waals surface area contributed by atoms with Gasteiger partial charge in [-0.05, 0) is 30.7 Å². The molecule has 1 aliphatic heterocycles. The molecule has 4 rings (SSSR count). The number of aromatic nitrogens is 3. The Bertz CT molecular complexity index is 1070. The van der Waals surface area contributed by atoms with Crippen molar-refractivity contribution in [2.75, 3.05) is 26.6 Å². The minimum absolute atomic E-state index is 0.106. The molecule has 0 fully saturated rings. The van der Waals surface area contributed by atoms with Crippen LogP contribution in [0.15, 0.2) is 36.4 Å². The van der Waals surface area contributed by atoms with Gasteiger partial charge in [0.25, 0.3) is 0 Å². The fourth-order valence-corrected chi connectivity index (χ4v) is 3.76. The van der Waals surface area contributed by atoms with E-state index in [0.29, 0.717) is 48.1 Å². The topological polar surface area (TPSA) is 108 Å². The van der Waals surface area contributed by atoms with E-state index in [1.807, 2.05) is 4.57 Å². The smallest absolute Gasteiger partial charge is 0.229 e. The average Bonchev–Trinajstić information content (AvgIpc) is 3.22. The molecule has 1 aliphatic rings. The maximum atomic E-state index is 13.0. The number of methoxy groups -OCH3 is 3. The molecule has 1 atom stereocenters. The lowest BCUT2D eigenvalue weighted by Gasteiger charge is -2.24. The second-order valence-electron chi connectivity index (χ2n) is 7.24. The average molecular weight is 424 g/mol. The highest BCUT2D eigenvalue weighted by Gasteiger charge is 2.28. The van der Waals surface area contributed by atoms with Crippen molar-refractivity contribution in [1.82, 2.24) is 14.8 Å². The number of fused-ring (bicyclic) bond motifs is 1. The summed E-state index contributed by atoms with van der Waals surface area (Å²) < 4.78 is 18.0. The number of anilines is 1. The Morgan fingerprint density at radius 2 is 1.74 bits per heavy atom. The predicted molar refractivity (Wildman–Crippen MR) is 114 cm³/mol. The van der Waals surface area contributed by atoms with Gasteiger partial charge in [-0.3, -0.25) is 4.79 Å². The lowest BCUT2D eigenvalue weighted by atomic mass is 9.98. The van der Waals surface area contributed by atoms with Crippen LogP contribution in [-0.4, -0.2) is 47.1 Å². The first-order valence-corrected chi connectivity index (χ1v) is 9.86. The third-order valence-electron chi connectivity index (χ3n) is 5.38. The van der Waals surface area contributed by atoms with E-state index in [2.05, 4.69) is 15.5 Å². The number of phenols is 1. The molecule has 9 nitrogen and oxygen atoms in total. The van der Waals surface area contributed by atoms with Gasteiger partial charge in [0.2, 0.25) is 11.7 Å². The Balaban J connectivity index is 1.55. The number of phenolic OH excluding ortho intramolecular Hbond substituents is 1. The highest BCUT2D eigenvalue weighted by molar-refractivity contribution is 5.93. The summed E-state index contributed by atoms with van der Waals surface area (Å²) in [5, 5.41) is 21.1. The molecule has 0 aliphatic carbocycles. The Morgan fingerprint density at radius 3 is 2.35 bits per heavy atom. The molecule has 1 aromatic heterocycles. The number of nitrogens with zero attached hydrogens (tertiary/aromatic N) is 3. The Labute approximate surface area is 179 Å². The van der Waals surface area contributed by atoms with E-state index in [-0.39, 0.29) is 17.6 Å². The third kappa shape index (κ3) is 3.98. The SMILES string of the molecule is COc1cc(NC(=O)[C@H]2CCc3nnc(-c4ccc(O)cc4)n3C2)cc(OC)c1OC. The van der Waals surface area contributed by atoms with Crippen LogP contribution in [0.25, 0.3) is 11.4 Å². The number of rotatable bonds is 6. The molecule has 0 bridgehead atoms. The molecule has 0 radical (unpaired) electrons. The van der Waals surface area contributed by atoms with Crippen molar-refractivity contribution in [2.45, 2.75) is 19.4 Å². The van der Waals surface area contributed by atoms with E-state index in [4.69, 9.17) is 14.2 Å². The van der Waals surface area contributed by atoms with Crippen molar-refractivity contribution < 1.29 is 24.1 Å². The maximum Gasteiger partial charge on any atom is 0.229 e. The van der Waals surface area contributed by atoms with Gasteiger partial charge in [-0.2, -0.15) is 0 Å². The second kappa shape index (κ2) is 8.55. The summed E-state index contributed by atoms with van der Waals surface area (Å²) in [6.07, 6.45) is 1.32. The van der Waals surface area contributed by atoms with Gasteiger partial charge in [-0.15, -0.1) is 10.2 Å². The zero-order chi connectivity index (χ0) is 22.0. The first-order valence-electron chi connectivity index (χ1n) is 9.86. The molecule has 0 spiro atoms. The number of amides is 1. The number of benzene rings is 2. The van der Waals surface area contributed by atoms with Crippen molar-refractivity contribution in [3.8, 4) is 34.4 Å². The van der Waals surface area contributed by atoms with Crippen molar-refractivity contribution in [3.05, 3.63) is 42.2 Å². The van der Waals surface area contributed by atoms with Gasteiger partial charge >= 0.3 is 0 Å². The summed E-state index contributed by atoms with van der Waals surface area (Å²) in [5.74, 6) is 2.76. The van der Waals surface area contributed by atoms with E-state index in [1.54, 1.807) is 36.4 Å². The number of carbonyl (C=O) groups excluding carboxylic acids is 1. The summed E-state index contributed by atoms with van der Waals surface area (Å²) in [4.78, 5) is 13.0. The molecule has 2 N–H and O–H groups in total. The molecular formula is C22H24N4O5. The van der Waals surface area contributed by atoms with Gasteiger partial charge < -0.3 is 29.2 Å². The van der Waals surface area contributed by atoms with E-state index >= 15 is 0 Å². The Hall–Kier alpha value is -3.75. The van der Waals surface area contributed by atoms with Crippen molar-refractivity contribution in [1.29, 1.82) is 0 Å². The minimum atomic E-state index is -0.251. The van der Waals surface area contributed by atoms with Crippen molar-refractivity contribution >= 4 is 11.6 Å². The number of ether oxygens (including phenoxy) is 3. The lowest BCUT2D eigenvalue weighted by molar-refractivity contribution is -0.120. The molecular weight excluding hydrogens is 400 g/mol. The molecule has 162 valence electrons. The summed E-state index contributed by atoms with van der Waals surface area (Å²) in [5.41, 5.74) is 1.40. The zero-order valence-corrected chi connectivity index (χ0v) is 17.6. The maximum absolute atomic E-state index is 13.0. The minimum Gasteiger partial charge on any atom is -0.508 e. The number of hydrogen-bond donors (Lipinski definition) is 2. The molecule has 3 aromatic rings. The number of hydrogen-bond acceptors (Lipinski definition) is 7. The van der Waals surface area contributed by atoms with Crippen molar-refractivity contribution in [3.63, 3.8) is 0 Å². The first-order chi connectivity index (χ1) is 15.0. The van der Waals surface area contributed by atoms with Crippen LogP contribution in [0.5, 0.6) is 23.0 Å². The van der Waals surface area contributed by atoms with Crippen LogP contribution in [-0.2, 0) is 17.8 Å². The number of aryl methyl sites for hydroxylation is 1. The second-order valence-corrected chi connectivity index (χ2v) is 7.24. The normalized spacial score (nSPS) is 15.1. The lowest BCUT2D eigenvalue weighted by Crippen LogP contribution is -2.31. The molecule has 0 saturated carbocycles. The van der Waals surface area contributed by atoms with E-state index in [0.717, 1.165) is 11.4 Å². The standard InChI is InChI=1S/C22H24N4O5/c1-29-17-10-15(11-18(30-2)20(17)31-3)23-22(28)14-6-9-19-24-25-21(26(19)12-14)13-4-7-16(27)8-5-13/h4-5,7-8,10-11,14,27H,6,9,12H2,1-3H3,(H,23,28)/t14-/m0/s1. The molecule has 2 heterocycles. The van der Waals surface area contributed by atoms with Crippen LogP contribution in [0.4, 0.5) is 5.69 Å². The van der Waals surface area contributed by atoms with Crippen LogP contribution < -0.4 is 19.5 Å². The van der Waals surface area contributed by atoms with E-state index < -0.39 is 0 Å². The van der Waals surface area contributed by atoms with Gasteiger partial charge in [0, 0.05) is 36.3 Å². The molecule has 0 saturated heterocycles. The number of aromatic hydroxyl groups is 1. The van der Waals surface area contributed by atoms with Crippen LogP contribution in [0.1, 0.15) is 12.2 Å². The van der Waals surface area contributed by atoms with Gasteiger partial charge in [0.05, 0.1) is 27.2 Å². The number of nitrogens with one attached hydrogen (secondary N) is 1. The van der Waals surface area contributed by atoms with Crippen LogP contribution in [0.3, 0.4) is 0 Å². The Kier molecular flexibility index (Phi) is 5.66. The Morgan fingerprint density at radius 1 is 1.06 bits per heavy atom. The van der Waals surface area contributed by atoms with Crippen molar-refractivity contribution in [2.24, 2.45) is 5.92 Å². The van der Waals surface area contributed by atoms with Gasteiger partial charge in [0.1, 0.15) is 11.6 Å². The van der Waals surface area contributed by atoms with E-state index in [9.17, 15) is 9.90 Å². The quantitative estimate of drug-likeness (QED) is 0.626. The molecule has 0 unspecified atom stereocenters. The molecule has 2 aromatic carbocycles. The zero-order valence-electron chi connectivity index (χ0n) is 17.6. The third-order valence-corrected chi connectivity index (χ3v) is 5.38. The monoisotopic (exact) mass is 424 g/mol. The predicted octanol–water partition coefficient (Wildman–Crippen LogP) is 2.88. The first kappa shape index (κ1) is 20.5. The highest BCUT2D eigenvalue weighted by Crippen LogP contribution is 2.40. The summed E-state index contributed by atoms with van der Waals surface area (Å²) in [7, 11) is 4.59.